The third-order valence-corrected chi connectivity index (χ3v) is 1.26. The molecule has 0 aliphatic carbocycles. The van der Waals surface area contributed by atoms with Crippen LogP contribution >= 0.6 is 8.25 Å². The lowest BCUT2D eigenvalue weighted by molar-refractivity contribution is -0.527. The zero-order chi connectivity index (χ0) is 8.85. The normalized spacial score (nSPS) is 14.2. The molecule has 0 saturated heterocycles. The first-order valence-electron chi connectivity index (χ1n) is 2.61. The van der Waals surface area contributed by atoms with Crippen LogP contribution in [0, 0.1) is 10.1 Å². The van der Waals surface area contributed by atoms with Crippen molar-refractivity contribution in [2.75, 3.05) is 13.2 Å². The van der Waals surface area contributed by atoms with Crippen molar-refractivity contribution in [3.8, 4) is 0 Å². The Hall–Kier alpha value is -0.620. The maximum Gasteiger partial charge on any atom is 0.694 e. The van der Waals surface area contributed by atoms with E-state index in [2.05, 4.69) is 4.52 Å². The van der Waals surface area contributed by atoms with E-state index in [4.69, 9.17) is 10.00 Å². The molecule has 0 fully saturated rings. The van der Waals surface area contributed by atoms with E-state index in [9.17, 15) is 14.7 Å². The van der Waals surface area contributed by atoms with E-state index < -0.39 is 32.4 Å². The van der Waals surface area contributed by atoms with E-state index in [1.165, 1.54) is 0 Å². The second-order valence-corrected chi connectivity index (χ2v) is 2.39. The first-order chi connectivity index (χ1) is 5.07. The SMILES string of the molecule is O=[N+]([O-])C(CO)CO[P+](=O)O. The highest BCUT2D eigenvalue weighted by atomic mass is 31.1. The van der Waals surface area contributed by atoms with Crippen LogP contribution in [0.15, 0.2) is 0 Å². The molecule has 0 aliphatic heterocycles. The van der Waals surface area contributed by atoms with Gasteiger partial charge in [-0.05, 0) is 0 Å². The minimum Gasteiger partial charge on any atom is -0.389 e. The molecule has 7 nitrogen and oxygen atoms in total. The highest BCUT2D eigenvalue weighted by Gasteiger charge is 2.25. The van der Waals surface area contributed by atoms with Crippen LogP contribution in [0.1, 0.15) is 0 Å². The minimum atomic E-state index is -2.83. The molecule has 2 atom stereocenters. The summed E-state index contributed by atoms with van der Waals surface area (Å²) in [5, 5.41) is 18.2. The van der Waals surface area contributed by atoms with E-state index in [0.717, 1.165) is 0 Å². The van der Waals surface area contributed by atoms with Crippen molar-refractivity contribution in [3.05, 3.63) is 10.1 Å². The molecule has 0 saturated carbocycles. The molecule has 2 N–H and O–H groups in total. The molecule has 0 aromatic heterocycles. The van der Waals surface area contributed by atoms with Gasteiger partial charge >= 0.3 is 8.25 Å². The molecule has 0 heterocycles. The van der Waals surface area contributed by atoms with Gasteiger partial charge in [-0.2, -0.15) is 0 Å². The van der Waals surface area contributed by atoms with Crippen LogP contribution in [-0.2, 0) is 9.09 Å². The van der Waals surface area contributed by atoms with Crippen molar-refractivity contribution in [3.63, 3.8) is 0 Å². The fourth-order valence-corrected chi connectivity index (χ4v) is 0.630. The molecule has 2 unspecified atom stereocenters. The van der Waals surface area contributed by atoms with E-state index in [-0.39, 0.29) is 0 Å². The van der Waals surface area contributed by atoms with Crippen LogP contribution in [-0.4, -0.2) is 34.2 Å². The molecule has 64 valence electrons. The Bertz CT molecular complexity index is 160. The first kappa shape index (κ1) is 10.4. The van der Waals surface area contributed by atoms with Crippen LogP contribution in [0.3, 0.4) is 0 Å². The van der Waals surface area contributed by atoms with Crippen LogP contribution in [0.25, 0.3) is 0 Å². The maximum atomic E-state index is 9.93. The lowest BCUT2D eigenvalue weighted by atomic mass is 10.4. The van der Waals surface area contributed by atoms with Crippen LogP contribution in [0.4, 0.5) is 0 Å². The number of aliphatic hydroxyl groups is 1. The Balaban J connectivity index is 3.70. The summed E-state index contributed by atoms with van der Waals surface area (Å²) in [4.78, 5) is 17.2. The second kappa shape index (κ2) is 5.09. The number of nitro groups is 1. The highest BCUT2D eigenvalue weighted by Crippen LogP contribution is 2.14. The van der Waals surface area contributed by atoms with E-state index in [1.807, 2.05) is 0 Å². The zero-order valence-electron chi connectivity index (χ0n) is 5.41. The monoisotopic (exact) mass is 184 g/mol. The van der Waals surface area contributed by atoms with E-state index in [0.29, 0.717) is 0 Å². The summed E-state index contributed by atoms with van der Waals surface area (Å²) in [6.07, 6.45) is 0. The van der Waals surface area contributed by atoms with Gasteiger partial charge in [-0.1, -0.05) is 0 Å². The van der Waals surface area contributed by atoms with Gasteiger partial charge < -0.3 is 5.11 Å². The number of aliphatic hydroxyl groups excluding tert-OH is 1. The summed E-state index contributed by atoms with van der Waals surface area (Å²) in [7, 11) is -2.83. The fraction of sp³-hybridized carbons (Fsp3) is 1.00. The molecule has 0 radical (unpaired) electrons. The van der Waals surface area contributed by atoms with Gasteiger partial charge in [0.15, 0.2) is 6.61 Å². The third-order valence-electron chi connectivity index (χ3n) is 0.886. The molecular weight excluding hydrogens is 177 g/mol. The summed E-state index contributed by atoms with van der Waals surface area (Å²) < 4.78 is 13.9. The zero-order valence-corrected chi connectivity index (χ0v) is 6.31. The van der Waals surface area contributed by atoms with Gasteiger partial charge in [0.1, 0.15) is 6.61 Å². The van der Waals surface area contributed by atoms with Gasteiger partial charge in [0.05, 0.1) is 0 Å². The molecule has 0 aromatic rings. The molecule has 0 amide bonds. The Morgan fingerprint density at radius 3 is 2.55 bits per heavy atom. The fourth-order valence-electron chi connectivity index (χ4n) is 0.330. The van der Waals surface area contributed by atoms with Gasteiger partial charge in [0, 0.05) is 9.49 Å². The maximum absolute atomic E-state index is 9.93. The molecular formula is C3H7NO6P+. The van der Waals surface area contributed by atoms with Crippen molar-refractivity contribution in [1.29, 1.82) is 0 Å². The van der Waals surface area contributed by atoms with Gasteiger partial charge in [-0.3, -0.25) is 10.1 Å². The van der Waals surface area contributed by atoms with Crippen molar-refractivity contribution in [1.82, 2.24) is 0 Å². The van der Waals surface area contributed by atoms with Crippen molar-refractivity contribution >= 4 is 8.25 Å². The lowest BCUT2D eigenvalue weighted by Gasteiger charge is -1.99. The minimum absolute atomic E-state index is 0.560. The summed E-state index contributed by atoms with van der Waals surface area (Å²) in [6, 6.07) is -1.33. The average molecular weight is 184 g/mol. The summed E-state index contributed by atoms with van der Waals surface area (Å²) >= 11 is 0. The van der Waals surface area contributed by atoms with Crippen LogP contribution in [0.2, 0.25) is 0 Å². The summed E-state index contributed by atoms with van der Waals surface area (Å²) in [5.41, 5.74) is 0. The van der Waals surface area contributed by atoms with Crippen molar-refractivity contribution < 1.29 is 24.0 Å². The lowest BCUT2D eigenvalue weighted by Crippen LogP contribution is -2.28. The molecule has 0 aliphatic rings. The Morgan fingerprint density at radius 2 is 2.27 bits per heavy atom. The molecule has 0 bridgehead atoms. The number of rotatable bonds is 5. The Morgan fingerprint density at radius 1 is 1.73 bits per heavy atom. The molecule has 0 rings (SSSR count). The average Bonchev–Trinajstić information content (AvgIpc) is 1.87. The Kier molecular flexibility index (Phi) is 4.80. The van der Waals surface area contributed by atoms with E-state index in [1.54, 1.807) is 0 Å². The Labute approximate surface area is 62.7 Å². The first-order valence-corrected chi connectivity index (χ1v) is 3.74. The van der Waals surface area contributed by atoms with Gasteiger partial charge in [0.25, 0.3) is 6.04 Å². The summed E-state index contributed by atoms with van der Waals surface area (Å²) in [6.45, 7) is -1.27. The largest absolute Gasteiger partial charge is 0.694 e. The standard InChI is InChI=1S/C3H6NO6P/c5-1-3(4(6)7)2-10-11(8)9/h3,5H,1-2H2/p+1. The van der Waals surface area contributed by atoms with Crippen LogP contribution in [0.5, 0.6) is 0 Å². The topological polar surface area (TPSA) is 110 Å². The van der Waals surface area contributed by atoms with Gasteiger partial charge in [0.2, 0.25) is 0 Å². The third kappa shape index (κ3) is 4.74. The molecule has 0 aromatic carbocycles. The van der Waals surface area contributed by atoms with Crippen molar-refractivity contribution in [2.45, 2.75) is 6.04 Å². The number of nitrogens with zero attached hydrogens (tertiary/aromatic N) is 1. The smallest absolute Gasteiger partial charge is 0.389 e. The molecule has 0 spiro atoms. The number of hydrogen-bond donors (Lipinski definition) is 2. The highest BCUT2D eigenvalue weighted by molar-refractivity contribution is 7.32. The van der Waals surface area contributed by atoms with E-state index >= 15 is 0 Å². The molecule has 11 heavy (non-hydrogen) atoms. The predicted molar refractivity (Wildman–Crippen MR) is 33.6 cm³/mol. The second-order valence-electron chi connectivity index (χ2n) is 1.66. The van der Waals surface area contributed by atoms with Crippen LogP contribution < -0.4 is 0 Å². The van der Waals surface area contributed by atoms with Gasteiger partial charge in [-0.15, -0.1) is 9.42 Å². The van der Waals surface area contributed by atoms with Gasteiger partial charge in [-0.25, -0.2) is 0 Å². The number of hydrogen-bond acceptors (Lipinski definition) is 5. The summed E-state index contributed by atoms with van der Waals surface area (Å²) in [5.74, 6) is 0. The quantitative estimate of drug-likeness (QED) is 0.331. The van der Waals surface area contributed by atoms with Crippen molar-refractivity contribution in [2.24, 2.45) is 0 Å². The molecule has 8 heteroatoms. The predicted octanol–water partition coefficient (Wildman–Crippen LogP) is -0.710.